The first kappa shape index (κ1) is 17.6. The molecule has 2 N–H and O–H groups in total. The van der Waals surface area contributed by atoms with Gasteiger partial charge in [0.05, 0.1) is 25.0 Å². The third-order valence-corrected chi connectivity index (χ3v) is 5.01. The van der Waals surface area contributed by atoms with Gasteiger partial charge in [-0.1, -0.05) is 28.1 Å². The van der Waals surface area contributed by atoms with Gasteiger partial charge in [-0.2, -0.15) is 0 Å². The molecule has 1 aliphatic heterocycles. The van der Waals surface area contributed by atoms with E-state index in [1.54, 1.807) is 7.11 Å². The number of halogens is 1. The summed E-state index contributed by atoms with van der Waals surface area (Å²) in [5.74, 6) is 0.978. The number of aromatic amines is 1. The van der Waals surface area contributed by atoms with Crippen molar-refractivity contribution >= 4 is 15.9 Å². The summed E-state index contributed by atoms with van der Waals surface area (Å²) in [6.45, 7) is 4.78. The van der Waals surface area contributed by atoms with Gasteiger partial charge < -0.3 is 15.0 Å². The molecule has 1 atom stereocenters. The van der Waals surface area contributed by atoms with Crippen LogP contribution >= 0.6 is 15.9 Å². The second-order valence-electron chi connectivity index (χ2n) is 6.21. The minimum Gasteiger partial charge on any atom is -0.383 e. The largest absolute Gasteiger partial charge is 0.383 e. The molecule has 1 aromatic heterocycles. The highest BCUT2D eigenvalue weighted by Gasteiger charge is 2.23. The monoisotopic (exact) mass is 392 g/mol. The molecule has 2 aromatic rings. The Hall–Kier alpha value is -1.21. The highest BCUT2D eigenvalue weighted by atomic mass is 79.9. The first-order chi connectivity index (χ1) is 11.8. The Balaban J connectivity index is 1.49. The Morgan fingerprint density at radius 1 is 1.46 bits per heavy atom. The molecule has 0 saturated carbocycles. The first-order valence-electron chi connectivity index (χ1n) is 8.50. The molecule has 2 heterocycles. The van der Waals surface area contributed by atoms with Crippen molar-refractivity contribution in [1.82, 2.24) is 20.2 Å². The Morgan fingerprint density at radius 2 is 2.38 bits per heavy atom. The standard InChI is InChI=1S/C18H25BrN4O/c1-24-9-8-23-7-3-6-16(23)11-20-13-18-21-12-17(22-18)14-4-2-5-15(19)10-14/h2,4-5,10,12,16,20H,3,6-9,11,13H2,1H3,(H,21,22). The Kier molecular flexibility index (Phi) is 6.43. The Morgan fingerprint density at radius 3 is 3.21 bits per heavy atom. The fraction of sp³-hybridized carbons (Fsp3) is 0.500. The van der Waals surface area contributed by atoms with E-state index >= 15 is 0 Å². The number of aromatic nitrogens is 2. The van der Waals surface area contributed by atoms with E-state index in [4.69, 9.17) is 4.74 Å². The minimum absolute atomic E-state index is 0.611. The molecule has 1 saturated heterocycles. The van der Waals surface area contributed by atoms with Crippen molar-refractivity contribution in [3.8, 4) is 11.3 Å². The average molecular weight is 393 g/mol. The first-order valence-corrected chi connectivity index (χ1v) is 9.29. The van der Waals surface area contributed by atoms with Crippen LogP contribution in [0, 0.1) is 0 Å². The quantitative estimate of drug-likeness (QED) is 0.724. The SMILES string of the molecule is COCCN1CCCC1CNCc1ncc(-c2cccc(Br)c2)[nH]1. The lowest BCUT2D eigenvalue weighted by atomic mass is 10.2. The molecule has 3 rings (SSSR count). The van der Waals surface area contributed by atoms with Gasteiger partial charge in [0.25, 0.3) is 0 Å². The van der Waals surface area contributed by atoms with Crippen LogP contribution in [0.25, 0.3) is 11.3 Å². The number of nitrogens with zero attached hydrogens (tertiary/aromatic N) is 2. The van der Waals surface area contributed by atoms with Gasteiger partial charge >= 0.3 is 0 Å². The number of benzene rings is 1. The molecule has 6 heteroatoms. The number of H-pyrrole nitrogens is 1. The van der Waals surface area contributed by atoms with Gasteiger partial charge in [-0.05, 0) is 31.5 Å². The van der Waals surface area contributed by atoms with Crippen LogP contribution in [0.2, 0.25) is 0 Å². The van der Waals surface area contributed by atoms with Crippen LogP contribution in [0.3, 0.4) is 0 Å². The normalized spacial score (nSPS) is 18.3. The van der Waals surface area contributed by atoms with E-state index in [2.05, 4.69) is 48.2 Å². The number of rotatable bonds is 8. The van der Waals surface area contributed by atoms with Gasteiger partial charge in [0.1, 0.15) is 5.82 Å². The van der Waals surface area contributed by atoms with Gasteiger partial charge in [-0.15, -0.1) is 0 Å². The summed E-state index contributed by atoms with van der Waals surface area (Å²) >= 11 is 3.51. The highest BCUT2D eigenvalue weighted by Crippen LogP contribution is 2.21. The maximum Gasteiger partial charge on any atom is 0.120 e. The van der Waals surface area contributed by atoms with Crippen molar-refractivity contribution < 1.29 is 4.74 Å². The van der Waals surface area contributed by atoms with E-state index in [9.17, 15) is 0 Å². The Labute approximate surface area is 151 Å². The number of methoxy groups -OCH3 is 1. The van der Waals surface area contributed by atoms with Crippen molar-refractivity contribution in [3.63, 3.8) is 0 Å². The second-order valence-corrected chi connectivity index (χ2v) is 7.13. The van der Waals surface area contributed by atoms with Crippen LogP contribution in [-0.4, -0.2) is 54.3 Å². The predicted molar refractivity (Wildman–Crippen MR) is 99.9 cm³/mol. The molecule has 0 spiro atoms. The second kappa shape index (κ2) is 8.76. The molecule has 1 fully saturated rings. The average Bonchev–Trinajstić information content (AvgIpc) is 3.22. The van der Waals surface area contributed by atoms with Crippen LogP contribution in [0.1, 0.15) is 18.7 Å². The number of nitrogens with one attached hydrogen (secondary N) is 2. The van der Waals surface area contributed by atoms with Gasteiger partial charge in [-0.3, -0.25) is 4.90 Å². The topological polar surface area (TPSA) is 53.2 Å². The van der Waals surface area contributed by atoms with E-state index in [1.807, 2.05) is 18.3 Å². The summed E-state index contributed by atoms with van der Waals surface area (Å²) in [6.07, 6.45) is 4.45. The van der Waals surface area contributed by atoms with Crippen molar-refractivity contribution in [2.24, 2.45) is 0 Å². The van der Waals surface area contributed by atoms with E-state index in [0.29, 0.717) is 6.04 Å². The predicted octanol–water partition coefficient (Wildman–Crippen LogP) is 3.04. The van der Waals surface area contributed by atoms with E-state index < -0.39 is 0 Å². The van der Waals surface area contributed by atoms with Crippen LogP contribution in [0.4, 0.5) is 0 Å². The lowest BCUT2D eigenvalue weighted by Gasteiger charge is -2.24. The summed E-state index contributed by atoms with van der Waals surface area (Å²) in [4.78, 5) is 10.4. The van der Waals surface area contributed by atoms with Crippen molar-refractivity contribution in [1.29, 1.82) is 0 Å². The van der Waals surface area contributed by atoms with Crippen LogP contribution in [0.15, 0.2) is 34.9 Å². The van der Waals surface area contributed by atoms with E-state index in [-0.39, 0.29) is 0 Å². The van der Waals surface area contributed by atoms with Gasteiger partial charge in [0, 0.05) is 36.3 Å². The lowest BCUT2D eigenvalue weighted by Crippen LogP contribution is -2.39. The molecule has 1 aromatic carbocycles. The number of likely N-dealkylation sites (tertiary alicyclic amines) is 1. The molecule has 0 radical (unpaired) electrons. The van der Waals surface area contributed by atoms with Crippen LogP contribution in [-0.2, 0) is 11.3 Å². The van der Waals surface area contributed by atoms with E-state index in [1.165, 1.54) is 19.4 Å². The summed E-state index contributed by atoms with van der Waals surface area (Å²) in [5, 5.41) is 3.54. The molecular formula is C18H25BrN4O. The zero-order valence-electron chi connectivity index (χ0n) is 14.1. The number of ether oxygens (including phenoxy) is 1. The zero-order valence-corrected chi connectivity index (χ0v) is 15.7. The molecule has 0 amide bonds. The molecule has 130 valence electrons. The summed E-state index contributed by atoms with van der Waals surface area (Å²) in [6, 6.07) is 8.85. The molecule has 1 unspecified atom stereocenters. The molecule has 0 aliphatic carbocycles. The summed E-state index contributed by atoms with van der Waals surface area (Å²) in [7, 11) is 1.77. The Bertz CT molecular complexity index is 645. The van der Waals surface area contributed by atoms with Gasteiger partial charge in [0.15, 0.2) is 0 Å². The number of hydrogen-bond donors (Lipinski definition) is 2. The fourth-order valence-corrected chi connectivity index (χ4v) is 3.64. The maximum absolute atomic E-state index is 5.20. The zero-order chi connectivity index (χ0) is 16.8. The molecule has 0 bridgehead atoms. The molecular weight excluding hydrogens is 368 g/mol. The minimum atomic E-state index is 0.611. The molecule has 5 nitrogen and oxygen atoms in total. The van der Waals surface area contributed by atoms with Crippen molar-refractivity contribution in [3.05, 3.63) is 40.8 Å². The van der Waals surface area contributed by atoms with Crippen molar-refractivity contribution in [2.45, 2.75) is 25.4 Å². The third kappa shape index (κ3) is 4.66. The smallest absolute Gasteiger partial charge is 0.120 e. The third-order valence-electron chi connectivity index (χ3n) is 4.52. The van der Waals surface area contributed by atoms with Gasteiger partial charge in [-0.25, -0.2) is 4.98 Å². The van der Waals surface area contributed by atoms with Crippen molar-refractivity contribution in [2.75, 3.05) is 33.4 Å². The highest BCUT2D eigenvalue weighted by molar-refractivity contribution is 9.10. The van der Waals surface area contributed by atoms with Gasteiger partial charge in [0.2, 0.25) is 0 Å². The molecule has 1 aliphatic rings. The summed E-state index contributed by atoms with van der Waals surface area (Å²) < 4.78 is 6.27. The summed E-state index contributed by atoms with van der Waals surface area (Å²) in [5.41, 5.74) is 2.19. The van der Waals surface area contributed by atoms with Crippen LogP contribution < -0.4 is 5.32 Å². The fourth-order valence-electron chi connectivity index (χ4n) is 3.24. The number of hydrogen-bond acceptors (Lipinski definition) is 4. The molecule has 24 heavy (non-hydrogen) atoms. The van der Waals surface area contributed by atoms with E-state index in [0.717, 1.165) is 47.8 Å². The van der Waals surface area contributed by atoms with Crippen LogP contribution in [0.5, 0.6) is 0 Å². The maximum atomic E-state index is 5.20. The lowest BCUT2D eigenvalue weighted by molar-refractivity contribution is 0.140. The number of imidazole rings is 1.